The number of aliphatic hydroxyl groups excluding tert-OH is 1. The lowest BCUT2D eigenvalue weighted by Crippen LogP contribution is -2.43. The zero-order chi connectivity index (χ0) is 29.7. The Morgan fingerprint density at radius 1 is 1.15 bits per heavy atom. The molecule has 1 heterocycles. The van der Waals surface area contributed by atoms with Gasteiger partial charge in [-0.3, -0.25) is 9.59 Å². The maximum atomic E-state index is 13.1. The van der Waals surface area contributed by atoms with Gasteiger partial charge in [0, 0.05) is 19.0 Å². The minimum absolute atomic E-state index is 0.112. The molecule has 0 aromatic carbocycles. The maximum absolute atomic E-state index is 13.1. The topological polar surface area (TPSA) is 76.1 Å². The van der Waals surface area contributed by atoms with E-state index in [-0.39, 0.29) is 35.9 Å². The summed E-state index contributed by atoms with van der Waals surface area (Å²) < 4.78 is 12.7. The standard InChI is InChI=1S/C33H57NO5Si/c1-9-33(4,5)32(37)38-29-20-23(2)19-25-14-13-24(3)28(31(25)29)16-15-26(35)21-27(39-40(6,7)8)22-30(36)34-17-11-10-12-18-34/h13-14,19,23-24,26-29,31,35H,9-12,15-18,20-22H2,1-8H3. The van der Waals surface area contributed by atoms with E-state index in [1.54, 1.807) is 0 Å². The normalized spacial score (nSPS) is 28.9. The summed E-state index contributed by atoms with van der Waals surface area (Å²) in [7, 11) is -1.89. The molecule has 0 aromatic rings. The molecule has 7 atom stereocenters. The highest BCUT2D eigenvalue weighted by Gasteiger charge is 2.43. The first-order valence-electron chi connectivity index (χ1n) is 15.9. The highest BCUT2D eigenvalue weighted by Crippen LogP contribution is 2.45. The van der Waals surface area contributed by atoms with Crippen LogP contribution in [0, 0.1) is 29.1 Å². The summed E-state index contributed by atoms with van der Waals surface area (Å²) in [6.07, 6.45) is 13.2. The van der Waals surface area contributed by atoms with Crippen molar-refractivity contribution in [1.82, 2.24) is 4.90 Å². The van der Waals surface area contributed by atoms with Crippen LogP contribution in [-0.4, -0.2) is 61.6 Å². The number of piperidine rings is 1. The number of rotatable bonds is 12. The molecule has 228 valence electrons. The molecule has 1 N–H and O–H groups in total. The average molecular weight is 576 g/mol. The van der Waals surface area contributed by atoms with Gasteiger partial charge in [0.25, 0.3) is 0 Å². The van der Waals surface area contributed by atoms with Crippen molar-refractivity contribution in [1.29, 1.82) is 0 Å². The largest absolute Gasteiger partial charge is 0.461 e. The first-order chi connectivity index (χ1) is 18.7. The second kappa shape index (κ2) is 14.2. The van der Waals surface area contributed by atoms with E-state index in [1.807, 2.05) is 25.7 Å². The first-order valence-corrected chi connectivity index (χ1v) is 19.4. The number of amides is 1. The highest BCUT2D eigenvalue weighted by atomic mass is 28.4. The summed E-state index contributed by atoms with van der Waals surface area (Å²) in [5.74, 6) is 1.17. The number of hydrogen-bond donors (Lipinski definition) is 1. The molecule has 6 nitrogen and oxygen atoms in total. The van der Waals surface area contributed by atoms with Gasteiger partial charge in [-0.05, 0) is 108 Å². The van der Waals surface area contributed by atoms with E-state index < -0.39 is 19.8 Å². The lowest BCUT2D eigenvalue weighted by Gasteiger charge is -2.44. The zero-order valence-electron chi connectivity index (χ0n) is 26.6. The van der Waals surface area contributed by atoms with Gasteiger partial charge < -0.3 is 19.2 Å². The molecule has 7 heteroatoms. The zero-order valence-corrected chi connectivity index (χ0v) is 27.6. The summed E-state index contributed by atoms with van der Waals surface area (Å²) >= 11 is 0. The van der Waals surface area contributed by atoms with Gasteiger partial charge in [-0.25, -0.2) is 0 Å². The van der Waals surface area contributed by atoms with Crippen LogP contribution in [0.3, 0.4) is 0 Å². The fourth-order valence-corrected chi connectivity index (χ4v) is 7.79. The molecule has 40 heavy (non-hydrogen) atoms. The Labute approximate surface area is 245 Å². The number of esters is 1. The molecular weight excluding hydrogens is 518 g/mol. The quantitative estimate of drug-likeness (QED) is 0.203. The fourth-order valence-electron chi connectivity index (χ4n) is 6.61. The van der Waals surface area contributed by atoms with Gasteiger partial charge in [-0.2, -0.15) is 0 Å². The monoisotopic (exact) mass is 575 g/mol. The number of hydrogen-bond acceptors (Lipinski definition) is 5. The minimum Gasteiger partial charge on any atom is -0.461 e. The fraction of sp³-hybridized carbons (Fsp3) is 0.818. The summed E-state index contributed by atoms with van der Waals surface area (Å²) in [6, 6.07) is 0. The predicted molar refractivity (Wildman–Crippen MR) is 164 cm³/mol. The van der Waals surface area contributed by atoms with E-state index in [9.17, 15) is 14.7 Å². The van der Waals surface area contributed by atoms with Gasteiger partial charge in [-0.15, -0.1) is 0 Å². The van der Waals surface area contributed by atoms with E-state index in [0.717, 1.165) is 45.2 Å². The van der Waals surface area contributed by atoms with Crippen molar-refractivity contribution in [2.24, 2.45) is 29.1 Å². The second-order valence-electron chi connectivity index (χ2n) is 14.4. The molecule has 0 saturated carbocycles. The molecule has 1 aliphatic heterocycles. The Morgan fingerprint density at radius 3 is 2.45 bits per heavy atom. The molecule has 0 aromatic heterocycles. The van der Waals surface area contributed by atoms with E-state index in [1.165, 1.54) is 12.0 Å². The third kappa shape index (κ3) is 9.28. The Morgan fingerprint density at radius 2 is 1.82 bits per heavy atom. The molecular formula is C33H57NO5Si. The summed E-state index contributed by atoms with van der Waals surface area (Å²) in [4.78, 5) is 28.1. The first kappa shape index (κ1) is 33.1. The summed E-state index contributed by atoms with van der Waals surface area (Å²) in [6.45, 7) is 18.5. The number of aliphatic hydroxyl groups is 1. The maximum Gasteiger partial charge on any atom is 0.311 e. The Bertz CT molecular complexity index is 916. The van der Waals surface area contributed by atoms with Crippen LogP contribution in [-0.2, 0) is 18.8 Å². The van der Waals surface area contributed by atoms with E-state index in [0.29, 0.717) is 31.1 Å². The molecule has 3 rings (SSSR count). The van der Waals surface area contributed by atoms with Crippen molar-refractivity contribution < 1.29 is 23.9 Å². The van der Waals surface area contributed by atoms with Crippen LogP contribution in [0.15, 0.2) is 23.8 Å². The van der Waals surface area contributed by atoms with Crippen LogP contribution >= 0.6 is 0 Å². The van der Waals surface area contributed by atoms with Crippen molar-refractivity contribution in [2.45, 2.75) is 130 Å². The van der Waals surface area contributed by atoms with E-state index >= 15 is 0 Å². The van der Waals surface area contributed by atoms with Crippen molar-refractivity contribution in [3.05, 3.63) is 23.8 Å². The lowest BCUT2D eigenvalue weighted by atomic mass is 9.65. The van der Waals surface area contributed by atoms with Crippen molar-refractivity contribution >= 4 is 20.2 Å². The lowest BCUT2D eigenvalue weighted by molar-refractivity contribution is -0.164. The van der Waals surface area contributed by atoms with Gasteiger partial charge in [0.1, 0.15) is 6.10 Å². The Kier molecular flexibility index (Phi) is 11.7. The van der Waals surface area contributed by atoms with Crippen LogP contribution in [0.25, 0.3) is 0 Å². The summed E-state index contributed by atoms with van der Waals surface area (Å²) in [5.41, 5.74) is 0.777. The van der Waals surface area contributed by atoms with Crippen molar-refractivity contribution in [2.75, 3.05) is 13.1 Å². The number of likely N-dealkylation sites (tertiary alicyclic amines) is 1. The molecule has 0 radical (unpaired) electrons. The number of fused-ring (bicyclic) bond motifs is 1. The molecule has 1 fully saturated rings. The number of carbonyl (C=O) groups excluding carboxylic acids is 2. The smallest absolute Gasteiger partial charge is 0.311 e. The predicted octanol–water partition coefficient (Wildman–Crippen LogP) is 6.89. The molecule has 3 aliphatic rings. The van der Waals surface area contributed by atoms with Gasteiger partial charge >= 0.3 is 5.97 Å². The second-order valence-corrected chi connectivity index (χ2v) is 18.9. The number of carbonyl (C=O) groups is 2. The van der Waals surface area contributed by atoms with Crippen LogP contribution in [0.2, 0.25) is 19.6 Å². The molecule has 1 amide bonds. The minimum atomic E-state index is -1.89. The van der Waals surface area contributed by atoms with Gasteiger partial charge in [0.2, 0.25) is 5.91 Å². The Hall–Kier alpha value is -1.44. The SMILES string of the molecule is CCC(C)(C)C(=O)OC1CC(C)C=C2C=CC(C)C(CCC(O)CC(CC(=O)N3CCCCC3)O[Si](C)(C)C)C21. The molecule has 2 aliphatic carbocycles. The molecule has 0 spiro atoms. The van der Waals surface area contributed by atoms with Gasteiger partial charge in [-0.1, -0.05) is 39.0 Å². The molecule has 1 saturated heterocycles. The summed E-state index contributed by atoms with van der Waals surface area (Å²) in [5, 5.41) is 11.2. The van der Waals surface area contributed by atoms with Crippen LogP contribution in [0.5, 0.6) is 0 Å². The van der Waals surface area contributed by atoms with Crippen LogP contribution < -0.4 is 0 Å². The number of allylic oxidation sites excluding steroid dienone is 3. The van der Waals surface area contributed by atoms with Gasteiger partial charge in [0.05, 0.1) is 24.0 Å². The third-order valence-electron chi connectivity index (χ3n) is 9.29. The highest BCUT2D eigenvalue weighted by molar-refractivity contribution is 6.69. The average Bonchev–Trinajstić information content (AvgIpc) is 2.87. The molecule has 7 unspecified atom stereocenters. The third-order valence-corrected chi connectivity index (χ3v) is 10.3. The van der Waals surface area contributed by atoms with Crippen molar-refractivity contribution in [3.8, 4) is 0 Å². The van der Waals surface area contributed by atoms with E-state index in [2.05, 4.69) is 51.7 Å². The Balaban J connectivity index is 1.68. The van der Waals surface area contributed by atoms with Crippen LogP contribution in [0.1, 0.15) is 92.4 Å². The van der Waals surface area contributed by atoms with Crippen molar-refractivity contribution in [3.63, 3.8) is 0 Å². The van der Waals surface area contributed by atoms with Crippen LogP contribution in [0.4, 0.5) is 0 Å². The number of ether oxygens (including phenoxy) is 1. The molecule has 0 bridgehead atoms. The van der Waals surface area contributed by atoms with E-state index in [4.69, 9.17) is 9.16 Å². The number of nitrogens with zero attached hydrogens (tertiary/aromatic N) is 1. The van der Waals surface area contributed by atoms with Gasteiger partial charge in [0.15, 0.2) is 8.32 Å².